The molecule has 0 aliphatic carbocycles. The third-order valence-electron chi connectivity index (χ3n) is 1.11. The summed E-state index contributed by atoms with van der Waals surface area (Å²) in [5.41, 5.74) is 0. The van der Waals surface area contributed by atoms with Crippen molar-refractivity contribution in [3.05, 3.63) is 0 Å². The zero-order chi connectivity index (χ0) is 7.33. The molecule has 0 bridgehead atoms. The molecule has 1 atom stereocenters. The summed E-state index contributed by atoms with van der Waals surface area (Å²) in [5, 5.41) is 0. The quantitative estimate of drug-likeness (QED) is 0.385. The van der Waals surface area contributed by atoms with Crippen molar-refractivity contribution < 1.29 is 4.74 Å². The van der Waals surface area contributed by atoms with Crippen molar-refractivity contribution in [3.8, 4) is 0 Å². The predicted octanol–water partition coefficient (Wildman–Crippen LogP) is 2.60. The Labute approximate surface area is 73.5 Å². The molecule has 0 aromatic carbocycles. The summed E-state index contributed by atoms with van der Waals surface area (Å²) in [6, 6.07) is 1.28. The molecule has 0 fully saturated rings. The van der Waals surface area contributed by atoms with E-state index in [2.05, 4.69) is 28.9 Å². The first kappa shape index (κ1) is 13.5. The van der Waals surface area contributed by atoms with Crippen molar-refractivity contribution in [2.24, 2.45) is 0 Å². The van der Waals surface area contributed by atoms with Gasteiger partial charge in [0.1, 0.15) is 0 Å². The smallest absolute Gasteiger partial charge is 0.0602 e. The van der Waals surface area contributed by atoms with Crippen LogP contribution in [0, 0.1) is 0 Å². The Hall–Kier alpha value is 0.897. The van der Waals surface area contributed by atoms with Crippen molar-refractivity contribution in [1.82, 2.24) is 0 Å². The van der Waals surface area contributed by atoms with E-state index in [-0.39, 0.29) is 12.4 Å². The molecule has 1 unspecified atom stereocenters. The van der Waals surface area contributed by atoms with Gasteiger partial charge in [0.15, 0.2) is 0 Å². The van der Waals surface area contributed by atoms with E-state index < -0.39 is 8.07 Å². The molecular formula is C6H18ClOPSi. The average Bonchev–Trinajstić information content (AvgIpc) is 1.63. The Balaban J connectivity index is 0. The standard InChI is InChI=1S/C6H17OPSi.ClH/c1-9(2,3)5-4-7-6-8;/h4-6,8H2,1-3H3;1H. The van der Waals surface area contributed by atoms with E-state index in [1.807, 2.05) is 0 Å². The highest BCUT2D eigenvalue weighted by Gasteiger charge is 2.11. The Morgan fingerprint density at radius 2 is 1.80 bits per heavy atom. The van der Waals surface area contributed by atoms with Gasteiger partial charge in [-0.1, -0.05) is 19.6 Å². The molecule has 0 aliphatic heterocycles. The van der Waals surface area contributed by atoms with E-state index in [0.717, 1.165) is 13.0 Å². The predicted molar refractivity (Wildman–Crippen MR) is 55.9 cm³/mol. The van der Waals surface area contributed by atoms with Crippen LogP contribution in [0.5, 0.6) is 0 Å². The SMILES string of the molecule is C[Si](C)(C)CCOCP.Cl. The van der Waals surface area contributed by atoms with E-state index in [0.29, 0.717) is 0 Å². The van der Waals surface area contributed by atoms with Crippen LogP contribution >= 0.6 is 21.6 Å². The van der Waals surface area contributed by atoms with E-state index in [9.17, 15) is 0 Å². The Kier molecular flexibility index (Phi) is 8.90. The lowest BCUT2D eigenvalue weighted by Crippen LogP contribution is -2.21. The molecule has 0 radical (unpaired) electrons. The Morgan fingerprint density at radius 3 is 2.10 bits per heavy atom. The summed E-state index contributed by atoms with van der Waals surface area (Å²) in [5.74, 6) is 0. The van der Waals surface area contributed by atoms with Crippen LogP contribution in [0.1, 0.15) is 0 Å². The van der Waals surface area contributed by atoms with Gasteiger partial charge >= 0.3 is 0 Å². The molecule has 0 rings (SSSR count). The molecule has 1 nitrogen and oxygen atoms in total. The first-order valence-electron chi connectivity index (χ1n) is 3.34. The first-order chi connectivity index (χ1) is 4.06. The lowest BCUT2D eigenvalue weighted by atomic mass is 10.9. The topological polar surface area (TPSA) is 9.23 Å². The Morgan fingerprint density at radius 1 is 1.30 bits per heavy atom. The second kappa shape index (κ2) is 6.60. The molecule has 0 saturated carbocycles. The summed E-state index contributed by atoms with van der Waals surface area (Å²) >= 11 is 0. The molecule has 0 aromatic heterocycles. The highest BCUT2D eigenvalue weighted by atomic mass is 35.5. The van der Waals surface area contributed by atoms with Gasteiger partial charge in [-0.2, -0.15) is 0 Å². The van der Waals surface area contributed by atoms with Crippen molar-refractivity contribution in [2.75, 3.05) is 13.0 Å². The fourth-order valence-electron chi connectivity index (χ4n) is 0.462. The molecule has 64 valence electrons. The highest BCUT2D eigenvalue weighted by Crippen LogP contribution is 2.07. The summed E-state index contributed by atoms with van der Waals surface area (Å²) in [4.78, 5) is 0. The van der Waals surface area contributed by atoms with Crippen LogP contribution in [0.25, 0.3) is 0 Å². The zero-order valence-electron chi connectivity index (χ0n) is 7.02. The molecule has 0 amide bonds. The fourth-order valence-corrected chi connectivity index (χ4v) is 1.39. The van der Waals surface area contributed by atoms with Crippen molar-refractivity contribution >= 4 is 29.7 Å². The maximum atomic E-state index is 5.21. The van der Waals surface area contributed by atoms with Gasteiger partial charge < -0.3 is 4.74 Å². The van der Waals surface area contributed by atoms with Gasteiger partial charge in [0.05, 0.1) is 6.35 Å². The molecule has 0 saturated heterocycles. The number of ether oxygens (including phenoxy) is 1. The van der Waals surface area contributed by atoms with Crippen LogP contribution in [0.4, 0.5) is 0 Å². The van der Waals surface area contributed by atoms with Crippen LogP contribution < -0.4 is 0 Å². The molecule has 4 heteroatoms. The summed E-state index contributed by atoms with van der Waals surface area (Å²) in [6.07, 6.45) is 0.782. The number of rotatable bonds is 4. The molecule has 0 aliphatic rings. The van der Waals surface area contributed by atoms with Crippen LogP contribution in [-0.4, -0.2) is 21.0 Å². The van der Waals surface area contributed by atoms with E-state index in [1.54, 1.807) is 0 Å². The summed E-state index contributed by atoms with van der Waals surface area (Å²) < 4.78 is 5.21. The third kappa shape index (κ3) is 11.7. The number of halogens is 1. The molecule has 0 heterocycles. The largest absolute Gasteiger partial charge is 0.378 e. The van der Waals surface area contributed by atoms with Crippen LogP contribution in [-0.2, 0) is 4.74 Å². The minimum atomic E-state index is -0.829. The van der Waals surface area contributed by atoms with Gasteiger partial charge in [0.25, 0.3) is 0 Å². The van der Waals surface area contributed by atoms with Gasteiger partial charge in [-0.25, -0.2) is 0 Å². The third-order valence-corrected chi connectivity index (χ3v) is 3.05. The molecule has 0 spiro atoms. The minimum absolute atomic E-state index is 0. The van der Waals surface area contributed by atoms with Gasteiger partial charge in [0, 0.05) is 14.7 Å². The zero-order valence-corrected chi connectivity index (χ0v) is 9.99. The van der Waals surface area contributed by atoms with Gasteiger partial charge in [-0.15, -0.1) is 21.6 Å². The Bertz CT molecular complexity index is 74.6. The van der Waals surface area contributed by atoms with E-state index in [4.69, 9.17) is 4.74 Å². The van der Waals surface area contributed by atoms with E-state index in [1.165, 1.54) is 6.04 Å². The van der Waals surface area contributed by atoms with Gasteiger partial charge in [0.2, 0.25) is 0 Å². The van der Waals surface area contributed by atoms with Crippen LogP contribution in [0.3, 0.4) is 0 Å². The second-order valence-corrected chi connectivity index (χ2v) is 9.34. The molecular weight excluding hydrogens is 183 g/mol. The lowest BCUT2D eigenvalue weighted by Gasteiger charge is -2.14. The molecule has 0 N–H and O–H groups in total. The highest BCUT2D eigenvalue weighted by molar-refractivity contribution is 7.16. The average molecular weight is 201 g/mol. The maximum absolute atomic E-state index is 5.21. The number of hydrogen-bond donors (Lipinski definition) is 0. The maximum Gasteiger partial charge on any atom is 0.0602 e. The van der Waals surface area contributed by atoms with E-state index >= 15 is 0 Å². The summed E-state index contributed by atoms with van der Waals surface area (Å²) in [6.45, 7) is 8.02. The molecule has 10 heavy (non-hydrogen) atoms. The van der Waals surface area contributed by atoms with Gasteiger partial charge in [-0.05, 0) is 6.04 Å². The lowest BCUT2D eigenvalue weighted by molar-refractivity contribution is 0.197. The van der Waals surface area contributed by atoms with Crippen molar-refractivity contribution in [1.29, 1.82) is 0 Å². The summed E-state index contributed by atoms with van der Waals surface area (Å²) in [7, 11) is 1.73. The van der Waals surface area contributed by atoms with Crippen molar-refractivity contribution in [2.45, 2.75) is 25.7 Å². The van der Waals surface area contributed by atoms with Crippen LogP contribution in [0.2, 0.25) is 25.7 Å². The van der Waals surface area contributed by atoms with Gasteiger partial charge in [-0.3, -0.25) is 0 Å². The second-order valence-electron chi connectivity index (χ2n) is 3.39. The first-order valence-corrected chi connectivity index (χ1v) is 7.86. The minimum Gasteiger partial charge on any atom is -0.378 e. The van der Waals surface area contributed by atoms with Crippen molar-refractivity contribution in [3.63, 3.8) is 0 Å². The molecule has 0 aromatic rings. The monoisotopic (exact) mass is 200 g/mol. The normalized spacial score (nSPS) is 10.8. The fraction of sp³-hybridized carbons (Fsp3) is 1.00. The number of hydrogen-bond acceptors (Lipinski definition) is 1. The van der Waals surface area contributed by atoms with Crippen LogP contribution in [0.15, 0.2) is 0 Å².